The first-order chi connectivity index (χ1) is 8.69. The first-order valence-electron chi connectivity index (χ1n) is 6.76. The zero-order valence-corrected chi connectivity index (χ0v) is 10.9. The lowest BCUT2D eigenvalue weighted by Gasteiger charge is -2.31. The van der Waals surface area contributed by atoms with Crippen molar-refractivity contribution in [2.75, 3.05) is 5.32 Å². The number of carbonyl (C=O) groups excluding carboxylic acids is 1. The molecule has 18 heavy (non-hydrogen) atoms. The molecule has 100 valence electrons. The fourth-order valence-electron chi connectivity index (χ4n) is 2.78. The summed E-state index contributed by atoms with van der Waals surface area (Å²) in [4.78, 5) is 10.8. The first-order valence-corrected chi connectivity index (χ1v) is 6.76. The second-order valence-corrected chi connectivity index (χ2v) is 5.10. The lowest BCUT2D eigenvalue weighted by atomic mass is 9.83. The van der Waals surface area contributed by atoms with Crippen molar-refractivity contribution in [1.29, 1.82) is 0 Å². The Balaban J connectivity index is 1.95. The van der Waals surface area contributed by atoms with Gasteiger partial charge in [-0.1, -0.05) is 26.2 Å². The Kier molecular flexibility index (Phi) is 4.23. The van der Waals surface area contributed by atoms with Gasteiger partial charge in [-0.05, 0) is 18.8 Å². The van der Waals surface area contributed by atoms with Crippen LogP contribution < -0.4 is 11.1 Å². The highest BCUT2D eigenvalue weighted by atomic mass is 16.1. The number of hydrogen-bond acceptors (Lipinski definition) is 3. The van der Waals surface area contributed by atoms with Gasteiger partial charge in [0.25, 0.3) is 0 Å². The summed E-state index contributed by atoms with van der Waals surface area (Å²) in [6.45, 7) is 2.39. The van der Waals surface area contributed by atoms with E-state index in [1.165, 1.54) is 32.1 Å². The van der Waals surface area contributed by atoms with E-state index in [9.17, 15) is 4.79 Å². The average molecular weight is 250 g/mol. The van der Waals surface area contributed by atoms with Crippen molar-refractivity contribution >= 4 is 11.6 Å². The molecule has 1 aliphatic rings. The minimum absolute atomic E-state index is 0.142. The van der Waals surface area contributed by atoms with Gasteiger partial charge in [0.2, 0.25) is 5.91 Å². The molecular formula is C13H22N4O. The van der Waals surface area contributed by atoms with Crippen molar-refractivity contribution in [3.05, 3.63) is 12.4 Å². The van der Waals surface area contributed by atoms with Crippen LogP contribution >= 0.6 is 0 Å². The van der Waals surface area contributed by atoms with Crippen LogP contribution in [-0.4, -0.2) is 21.7 Å². The van der Waals surface area contributed by atoms with Crippen molar-refractivity contribution in [1.82, 2.24) is 9.78 Å². The predicted octanol–water partition coefficient (Wildman–Crippen LogP) is 1.75. The van der Waals surface area contributed by atoms with Crippen molar-refractivity contribution < 1.29 is 4.79 Å². The number of nitrogens with two attached hydrogens (primary N) is 1. The summed E-state index contributed by atoms with van der Waals surface area (Å²) < 4.78 is 1.58. The SMILES string of the molecule is CCC1CCCCC1Nc1cnn(CC(N)=O)c1. The summed E-state index contributed by atoms with van der Waals surface area (Å²) >= 11 is 0. The zero-order valence-electron chi connectivity index (χ0n) is 10.9. The van der Waals surface area contributed by atoms with E-state index in [0.717, 1.165) is 11.6 Å². The number of aromatic nitrogens is 2. The molecule has 1 heterocycles. The molecule has 5 nitrogen and oxygen atoms in total. The van der Waals surface area contributed by atoms with Crippen molar-refractivity contribution in [2.45, 2.75) is 51.6 Å². The van der Waals surface area contributed by atoms with E-state index < -0.39 is 0 Å². The molecule has 5 heteroatoms. The summed E-state index contributed by atoms with van der Waals surface area (Å²) in [5, 5.41) is 7.67. The van der Waals surface area contributed by atoms with E-state index in [-0.39, 0.29) is 12.5 Å². The molecule has 2 unspecified atom stereocenters. The lowest BCUT2D eigenvalue weighted by molar-refractivity contribution is -0.118. The van der Waals surface area contributed by atoms with E-state index in [1.54, 1.807) is 10.9 Å². The molecule has 3 N–H and O–H groups in total. The number of amides is 1. The Morgan fingerprint density at radius 1 is 1.56 bits per heavy atom. The predicted molar refractivity (Wildman–Crippen MR) is 71.1 cm³/mol. The topological polar surface area (TPSA) is 72.9 Å². The molecule has 0 saturated heterocycles. The summed E-state index contributed by atoms with van der Waals surface area (Å²) in [5.41, 5.74) is 6.13. The fraction of sp³-hybridized carbons (Fsp3) is 0.692. The lowest BCUT2D eigenvalue weighted by Crippen LogP contribution is -2.31. The van der Waals surface area contributed by atoms with Gasteiger partial charge in [0.1, 0.15) is 6.54 Å². The van der Waals surface area contributed by atoms with Gasteiger partial charge in [-0.3, -0.25) is 9.48 Å². The van der Waals surface area contributed by atoms with Crippen LogP contribution in [0.5, 0.6) is 0 Å². The van der Waals surface area contributed by atoms with Gasteiger partial charge in [-0.25, -0.2) is 0 Å². The summed E-state index contributed by atoms with van der Waals surface area (Å²) in [6.07, 6.45) is 10.0. The van der Waals surface area contributed by atoms with Gasteiger partial charge < -0.3 is 11.1 Å². The van der Waals surface area contributed by atoms with Crippen LogP contribution in [0.25, 0.3) is 0 Å². The Morgan fingerprint density at radius 3 is 3.06 bits per heavy atom. The molecule has 1 fully saturated rings. The van der Waals surface area contributed by atoms with E-state index in [4.69, 9.17) is 5.73 Å². The molecule has 1 aliphatic carbocycles. The second-order valence-electron chi connectivity index (χ2n) is 5.10. The van der Waals surface area contributed by atoms with Gasteiger partial charge in [0.05, 0.1) is 11.9 Å². The number of anilines is 1. The van der Waals surface area contributed by atoms with Crippen LogP contribution in [0.1, 0.15) is 39.0 Å². The molecule has 1 saturated carbocycles. The Morgan fingerprint density at radius 2 is 2.33 bits per heavy atom. The van der Waals surface area contributed by atoms with Gasteiger partial charge in [-0.15, -0.1) is 0 Å². The van der Waals surface area contributed by atoms with Crippen LogP contribution in [0.2, 0.25) is 0 Å². The molecule has 0 aromatic carbocycles. The molecule has 0 aliphatic heterocycles. The average Bonchev–Trinajstić information content (AvgIpc) is 2.76. The number of nitrogens with zero attached hydrogens (tertiary/aromatic N) is 2. The monoisotopic (exact) mass is 250 g/mol. The maximum absolute atomic E-state index is 10.8. The standard InChI is InChI=1S/C13H22N4O/c1-2-10-5-3-4-6-12(10)16-11-7-15-17(8-11)9-13(14)18/h7-8,10,12,16H,2-6,9H2,1H3,(H2,14,18). The van der Waals surface area contributed by atoms with Crippen LogP contribution in [0.4, 0.5) is 5.69 Å². The summed E-state index contributed by atoms with van der Waals surface area (Å²) in [7, 11) is 0. The smallest absolute Gasteiger partial charge is 0.239 e. The summed E-state index contributed by atoms with van der Waals surface area (Å²) in [5.74, 6) is 0.381. The molecule has 1 amide bonds. The van der Waals surface area contributed by atoms with Crippen molar-refractivity contribution in [3.8, 4) is 0 Å². The molecule has 2 atom stereocenters. The minimum atomic E-state index is -0.367. The molecule has 1 aromatic heterocycles. The van der Waals surface area contributed by atoms with Crippen LogP contribution in [0.15, 0.2) is 12.4 Å². The molecule has 0 bridgehead atoms. The Bertz CT molecular complexity index is 401. The minimum Gasteiger partial charge on any atom is -0.379 e. The molecule has 1 aromatic rings. The Hall–Kier alpha value is -1.52. The van der Waals surface area contributed by atoms with Crippen molar-refractivity contribution in [3.63, 3.8) is 0 Å². The van der Waals surface area contributed by atoms with Gasteiger partial charge in [0.15, 0.2) is 0 Å². The first kappa shape index (κ1) is 12.9. The van der Waals surface area contributed by atoms with Crippen LogP contribution in [-0.2, 0) is 11.3 Å². The fourth-order valence-corrected chi connectivity index (χ4v) is 2.78. The van der Waals surface area contributed by atoms with Gasteiger partial charge >= 0.3 is 0 Å². The molecule has 0 spiro atoms. The number of primary amides is 1. The Labute approximate surface area is 108 Å². The van der Waals surface area contributed by atoms with E-state index in [0.29, 0.717) is 6.04 Å². The maximum atomic E-state index is 10.8. The molecule has 2 rings (SSSR count). The number of nitrogens with one attached hydrogen (secondary N) is 1. The zero-order chi connectivity index (χ0) is 13.0. The molecule has 0 radical (unpaired) electrons. The normalized spacial score (nSPS) is 23.8. The van der Waals surface area contributed by atoms with E-state index in [1.807, 2.05) is 6.20 Å². The van der Waals surface area contributed by atoms with E-state index >= 15 is 0 Å². The van der Waals surface area contributed by atoms with Gasteiger partial charge in [-0.2, -0.15) is 5.10 Å². The largest absolute Gasteiger partial charge is 0.379 e. The highest BCUT2D eigenvalue weighted by Gasteiger charge is 2.23. The van der Waals surface area contributed by atoms with Crippen LogP contribution in [0, 0.1) is 5.92 Å². The number of rotatable bonds is 5. The molecular weight excluding hydrogens is 228 g/mol. The van der Waals surface area contributed by atoms with Crippen LogP contribution in [0.3, 0.4) is 0 Å². The summed E-state index contributed by atoms with van der Waals surface area (Å²) in [6, 6.07) is 0.537. The third-order valence-electron chi connectivity index (χ3n) is 3.74. The van der Waals surface area contributed by atoms with Gasteiger partial charge in [0, 0.05) is 12.2 Å². The third-order valence-corrected chi connectivity index (χ3v) is 3.74. The third kappa shape index (κ3) is 3.24. The highest BCUT2D eigenvalue weighted by molar-refractivity contribution is 5.73. The number of carbonyl (C=O) groups is 1. The second kappa shape index (κ2) is 5.89. The quantitative estimate of drug-likeness (QED) is 0.836. The number of hydrogen-bond donors (Lipinski definition) is 2. The van der Waals surface area contributed by atoms with E-state index in [2.05, 4.69) is 17.3 Å². The highest BCUT2D eigenvalue weighted by Crippen LogP contribution is 2.29. The van der Waals surface area contributed by atoms with Crippen molar-refractivity contribution in [2.24, 2.45) is 11.7 Å². The maximum Gasteiger partial charge on any atom is 0.239 e.